The molecule has 0 unspecified atom stereocenters. The van der Waals surface area contributed by atoms with Crippen LogP contribution in [0.5, 0.6) is 0 Å². The molecular formula is C15H20N2O4. The first kappa shape index (κ1) is 16.7. The third kappa shape index (κ3) is 6.07. The SMILES string of the molecule is COC(=O)/C=C/CNC(=O)c1cc(CC(C)C)[nH]c(=O)c1. The highest BCUT2D eigenvalue weighted by Gasteiger charge is 2.08. The van der Waals surface area contributed by atoms with Crippen molar-refractivity contribution in [3.8, 4) is 0 Å². The molecule has 1 rings (SSSR count). The van der Waals surface area contributed by atoms with Gasteiger partial charge in [0.25, 0.3) is 5.91 Å². The number of esters is 1. The number of rotatable bonds is 6. The molecule has 0 aliphatic carbocycles. The molecule has 0 radical (unpaired) electrons. The van der Waals surface area contributed by atoms with E-state index in [-0.39, 0.29) is 18.0 Å². The highest BCUT2D eigenvalue weighted by Crippen LogP contribution is 2.05. The molecule has 0 spiro atoms. The number of hydrogen-bond donors (Lipinski definition) is 2. The number of nitrogens with one attached hydrogen (secondary N) is 2. The minimum atomic E-state index is -0.486. The topological polar surface area (TPSA) is 88.3 Å². The lowest BCUT2D eigenvalue weighted by atomic mass is 10.1. The Morgan fingerprint density at radius 3 is 2.71 bits per heavy atom. The molecule has 21 heavy (non-hydrogen) atoms. The quantitative estimate of drug-likeness (QED) is 0.605. The number of amides is 1. The molecule has 0 atom stereocenters. The van der Waals surface area contributed by atoms with E-state index in [0.29, 0.717) is 17.9 Å². The van der Waals surface area contributed by atoms with Crippen molar-refractivity contribution in [2.75, 3.05) is 13.7 Å². The van der Waals surface area contributed by atoms with Gasteiger partial charge in [0.15, 0.2) is 0 Å². The monoisotopic (exact) mass is 292 g/mol. The number of H-pyrrole nitrogens is 1. The van der Waals surface area contributed by atoms with Gasteiger partial charge in [-0.25, -0.2) is 4.79 Å². The van der Waals surface area contributed by atoms with Crippen molar-refractivity contribution in [3.63, 3.8) is 0 Å². The zero-order chi connectivity index (χ0) is 15.8. The fourth-order valence-corrected chi connectivity index (χ4v) is 1.76. The van der Waals surface area contributed by atoms with Crippen LogP contribution in [0.3, 0.4) is 0 Å². The lowest BCUT2D eigenvalue weighted by molar-refractivity contribution is -0.134. The number of hydrogen-bond acceptors (Lipinski definition) is 4. The molecule has 0 saturated carbocycles. The van der Waals surface area contributed by atoms with Crippen LogP contribution in [0, 0.1) is 5.92 Å². The average molecular weight is 292 g/mol. The molecule has 1 amide bonds. The molecule has 0 saturated heterocycles. The van der Waals surface area contributed by atoms with Gasteiger partial charge in [-0.05, 0) is 18.4 Å². The van der Waals surface area contributed by atoms with Crippen LogP contribution < -0.4 is 10.9 Å². The summed E-state index contributed by atoms with van der Waals surface area (Å²) in [5, 5.41) is 2.60. The second kappa shape index (κ2) is 8.04. The molecule has 1 aromatic heterocycles. The molecule has 6 nitrogen and oxygen atoms in total. The summed E-state index contributed by atoms with van der Waals surface area (Å²) in [6, 6.07) is 2.92. The number of aromatic nitrogens is 1. The molecular weight excluding hydrogens is 272 g/mol. The number of methoxy groups -OCH3 is 1. The molecule has 0 bridgehead atoms. The van der Waals surface area contributed by atoms with Crippen LogP contribution in [0.15, 0.2) is 29.1 Å². The van der Waals surface area contributed by atoms with Crippen molar-refractivity contribution in [1.29, 1.82) is 0 Å². The van der Waals surface area contributed by atoms with Gasteiger partial charge >= 0.3 is 5.97 Å². The van der Waals surface area contributed by atoms with Gasteiger partial charge in [-0.2, -0.15) is 0 Å². The maximum Gasteiger partial charge on any atom is 0.330 e. The van der Waals surface area contributed by atoms with Gasteiger partial charge < -0.3 is 15.0 Å². The molecule has 6 heteroatoms. The fraction of sp³-hybridized carbons (Fsp3) is 0.400. The van der Waals surface area contributed by atoms with Gasteiger partial charge in [0, 0.05) is 29.9 Å². The Morgan fingerprint density at radius 2 is 2.10 bits per heavy atom. The lowest BCUT2D eigenvalue weighted by Crippen LogP contribution is -2.25. The first-order valence-electron chi connectivity index (χ1n) is 6.68. The minimum Gasteiger partial charge on any atom is -0.466 e. The molecule has 1 aromatic rings. The third-order valence-electron chi connectivity index (χ3n) is 2.63. The van der Waals surface area contributed by atoms with Crippen molar-refractivity contribution >= 4 is 11.9 Å². The van der Waals surface area contributed by atoms with Crippen molar-refractivity contribution in [2.45, 2.75) is 20.3 Å². The van der Waals surface area contributed by atoms with Crippen molar-refractivity contribution < 1.29 is 14.3 Å². The summed E-state index contributed by atoms with van der Waals surface area (Å²) in [6.45, 7) is 4.24. The Bertz CT molecular complexity index is 588. The molecule has 0 fully saturated rings. The van der Waals surface area contributed by atoms with E-state index in [1.165, 1.54) is 25.3 Å². The summed E-state index contributed by atoms with van der Waals surface area (Å²) < 4.78 is 4.43. The smallest absolute Gasteiger partial charge is 0.330 e. The van der Waals surface area contributed by atoms with Crippen LogP contribution in [0.2, 0.25) is 0 Å². The molecule has 2 N–H and O–H groups in total. The highest BCUT2D eigenvalue weighted by molar-refractivity contribution is 5.94. The Balaban J connectivity index is 2.69. The van der Waals surface area contributed by atoms with Gasteiger partial charge in [-0.15, -0.1) is 0 Å². The summed E-state index contributed by atoms with van der Waals surface area (Å²) in [6.07, 6.45) is 3.40. The van der Waals surface area contributed by atoms with E-state index in [9.17, 15) is 14.4 Å². The summed E-state index contributed by atoms with van der Waals surface area (Å²) in [4.78, 5) is 37.0. The molecule has 0 aliphatic heterocycles. The maximum absolute atomic E-state index is 11.9. The van der Waals surface area contributed by atoms with Crippen LogP contribution in [-0.2, 0) is 16.0 Å². The number of carbonyl (C=O) groups excluding carboxylic acids is 2. The van der Waals surface area contributed by atoms with E-state index < -0.39 is 5.97 Å². The predicted molar refractivity (Wildman–Crippen MR) is 79.1 cm³/mol. The van der Waals surface area contributed by atoms with Crippen molar-refractivity contribution in [1.82, 2.24) is 10.3 Å². The first-order valence-corrected chi connectivity index (χ1v) is 6.68. The van der Waals surface area contributed by atoms with E-state index in [1.807, 2.05) is 13.8 Å². The van der Waals surface area contributed by atoms with E-state index in [4.69, 9.17) is 0 Å². The predicted octanol–water partition coefficient (Wildman–Crippen LogP) is 1.03. The van der Waals surface area contributed by atoms with E-state index in [1.54, 1.807) is 6.07 Å². The second-order valence-corrected chi connectivity index (χ2v) is 4.99. The van der Waals surface area contributed by atoms with Gasteiger partial charge in [-0.3, -0.25) is 9.59 Å². The average Bonchev–Trinajstić information content (AvgIpc) is 2.41. The van der Waals surface area contributed by atoms with Crippen LogP contribution in [-0.4, -0.2) is 30.5 Å². The summed E-state index contributed by atoms with van der Waals surface area (Å²) in [7, 11) is 1.28. The fourth-order valence-electron chi connectivity index (χ4n) is 1.76. The zero-order valence-corrected chi connectivity index (χ0v) is 12.4. The second-order valence-electron chi connectivity index (χ2n) is 4.99. The highest BCUT2D eigenvalue weighted by atomic mass is 16.5. The normalized spacial score (nSPS) is 10.9. The maximum atomic E-state index is 11.9. The Hall–Kier alpha value is -2.37. The molecule has 0 aromatic carbocycles. The first-order chi connectivity index (χ1) is 9.92. The Kier molecular flexibility index (Phi) is 6.39. The summed E-state index contributed by atoms with van der Waals surface area (Å²) >= 11 is 0. The van der Waals surface area contributed by atoms with Crippen LogP contribution >= 0.6 is 0 Å². The number of carbonyl (C=O) groups is 2. The summed E-state index contributed by atoms with van der Waals surface area (Å²) in [5.41, 5.74) is 0.733. The van der Waals surface area contributed by atoms with E-state index in [0.717, 1.165) is 5.69 Å². The minimum absolute atomic E-state index is 0.181. The number of pyridine rings is 1. The van der Waals surface area contributed by atoms with Gasteiger partial charge in [0.2, 0.25) is 5.56 Å². The Labute approximate surface area is 123 Å². The van der Waals surface area contributed by atoms with Gasteiger partial charge in [0.1, 0.15) is 0 Å². The van der Waals surface area contributed by atoms with Crippen LogP contribution in [0.4, 0.5) is 0 Å². The van der Waals surface area contributed by atoms with Crippen LogP contribution in [0.25, 0.3) is 0 Å². The Morgan fingerprint density at radius 1 is 1.38 bits per heavy atom. The van der Waals surface area contributed by atoms with E-state index in [2.05, 4.69) is 15.0 Å². The van der Waals surface area contributed by atoms with Crippen LogP contribution in [0.1, 0.15) is 29.9 Å². The lowest BCUT2D eigenvalue weighted by Gasteiger charge is -2.07. The summed E-state index contributed by atoms with van der Waals surface area (Å²) in [5.74, 6) is -0.470. The number of aromatic amines is 1. The number of ether oxygens (including phenoxy) is 1. The van der Waals surface area contributed by atoms with E-state index >= 15 is 0 Å². The van der Waals surface area contributed by atoms with Gasteiger partial charge in [-0.1, -0.05) is 19.9 Å². The standard InChI is InChI=1S/C15H20N2O4/c1-10(2)7-12-8-11(9-13(18)17-12)15(20)16-6-4-5-14(19)21-3/h4-5,8-10H,6-7H2,1-3H3,(H,16,20)(H,17,18)/b5-4+. The molecule has 114 valence electrons. The molecule has 1 heterocycles. The third-order valence-corrected chi connectivity index (χ3v) is 2.63. The van der Waals surface area contributed by atoms with Crippen molar-refractivity contribution in [2.24, 2.45) is 5.92 Å². The zero-order valence-electron chi connectivity index (χ0n) is 12.4. The largest absolute Gasteiger partial charge is 0.466 e. The molecule has 0 aliphatic rings. The van der Waals surface area contributed by atoms with Gasteiger partial charge in [0.05, 0.1) is 7.11 Å². The van der Waals surface area contributed by atoms with Crippen molar-refractivity contribution in [3.05, 3.63) is 45.9 Å².